The number of aryl methyl sites for hydroxylation is 2. The van der Waals surface area contributed by atoms with Crippen LogP contribution >= 0.6 is 0 Å². The topological polar surface area (TPSA) is 61.8 Å². The van der Waals surface area contributed by atoms with E-state index in [1.54, 1.807) is 30.1 Å². The number of hydrogen-bond acceptors (Lipinski definition) is 3. The normalized spacial score (nSPS) is 21.4. The average molecular weight is 423 g/mol. The summed E-state index contributed by atoms with van der Waals surface area (Å²) < 4.78 is 45.0. The number of aliphatic hydroxyl groups is 1. The number of fused-ring (bicyclic) bond motifs is 2. The maximum Gasteiger partial charge on any atom is 0.281 e. The molecule has 4 nitrogen and oxygen atoms in total. The predicted molar refractivity (Wildman–Crippen MR) is 108 cm³/mol. The summed E-state index contributed by atoms with van der Waals surface area (Å²) in [5, 5.41) is 24.3. The van der Waals surface area contributed by atoms with Crippen molar-refractivity contribution < 1.29 is 18.3 Å². The highest BCUT2D eigenvalue weighted by Gasteiger charge is 2.49. The van der Waals surface area contributed by atoms with Gasteiger partial charge in [0.05, 0.1) is 17.3 Å². The lowest BCUT2D eigenvalue weighted by molar-refractivity contribution is -0.0966. The number of rotatable bonds is 2. The Kier molecular flexibility index (Phi) is 4.45. The van der Waals surface area contributed by atoms with Gasteiger partial charge >= 0.3 is 0 Å². The molecule has 31 heavy (non-hydrogen) atoms. The SMILES string of the molecule is Cn1nccc1-c1ccc([C@H]2CCCc3cc(F)cc(C#N)c32)c2c1[C@H](O)C(F)(F)C2. The van der Waals surface area contributed by atoms with Crippen LogP contribution in [0.5, 0.6) is 0 Å². The van der Waals surface area contributed by atoms with Crippen LogP contribution in [0.3, 0.4) is 0 Å². The molecule has 0 amide bonds. The number of nitriles is 1. The van der Waals surface area contributed by atoms with Crippen LogP contribution in [0.2, 0.25) is 0 Å². The van der Waals surface area contributed by atoms with E-state index < -0.39 is 24.3 Å². The lowest BCUT2D eigenvalue weighted by atomic mass is 9.74. The van der Waals surface area contributed by atoms with E-state index in [4.69, 9.17) is 0 Å². The van der Waals surface area contributed by atoms with Gasteiger partial charge in [-0.1, -0.05) is 12.1 Å². The summed E-state index contributed by atoms with van der Waals surface area (Å²) in [5.74, 6) is -4.05. The molecule has 1 aromatic heterocycles. The molecule has 2 atom stereocenters. The average Bonchev–Trinajstić information content (AvgIpc) is 3.26. The third-order valence-electron chi connectivity index (χ3n) is 6.59. The van der Waals surface area contributed by atoms with E-state index in [9.17, 15) is 23.5 Å². The van der Waals surface area contributed by atoms with Crippen LogP contribution in [0.4, 0.5) is 13.2 Å². The molecular weight excluding hydrogens is 403 g/mol. The Hall–Kier alpha value is -3.11. The van der Waals surface area contributed by atoms with E-state index in [0.29, 0.717) is 35.2 Å². The fraction of sp³-hybridized carbons (Fsp3) is 0.333. The van der Waals surface area contributed by atoms with E-state index in [0.717, 1.165) is 17.5 Å². The van der Waals surface area contributed by atoms with Crippen molar-refractivity contribution >= 4 is 0 Å². The quantitative estimate of drug-likeness (QED) is 0.645. The second-order valence-corrected chi connectivity index (χ2v) is 8.36. The number of hydrogen-bond donors (Lipinski definition) is 1. The first-order valence-corrected chi connectivity index (χ1v) is 10.2. The largest absolute Gasteiger partial charge is 0.382 e. The third kappa shape index (κ3) is 2.97. The van der Waals surface area contributed by atoms with Crippen molar-refractivity contribution in [3.05, 3.63) is 75.7 Å². The zero-order valence-electron chi connectivity index (χ0n) is 16.9. The fourth-order valence-electron chi connectivity index (χ4n) is 5.26. The van der Waals surface area contributed by atoms with Gasteiger partial charge in [0, 0.05) is 31.1 Å². The van der Waals surface area contributed by atoms with E-state index >= 15 is 0 Å². The molecule has 5 rings (SSSR count). The Morgan fingerprint density at radius 1 is 1.23 bits per heavy atom. The monoisotopic (exact) mass is 423 g/mol. The molecule has 0 saturated carbocycles. The number of halogens is 3. The second-order valence-electron chi connectivity index (χ2n) is 8.36. The second kappa shape index (κ2) is 6.96. The summed E-state index contributed by atoms with van der Waals surface area (Å²) in [6, 6.07) is 10.0. The summed E-state index contributed by atoms with van der Waals surface area (Å²) in [5.41, 5.74) is 4.21. The number of aliphatic hydroxyl groups excluding tert-OH is 1. The molecular formula is C24H20F3N3O. The molecule has 0 unspecified atom stereocenters. The fourth-order valence-corrected chi connectivity index (χ4v) is 5.26. The first-order valence-electron chi connectivity index (χ1n) is 10.2. The summed E-state index contributed by atoms with van der Waals surface area (Å²) in [7, 11) is 1.72. The molecule has 3 aromatic rings. The molecule has 0 fully saturated rings. The molecule has 0 aliphatic heterocycles. The van der Waals surface area contributed by atoms with Gasteiger partial charge in [0.15, 0.2) is 0 Å². The van der Waals surface area contributed by atoms with Crippen molar-refractivity contribution in [2.45, 2.75) is 43.6 Å². The van der Waals surface area contributed by atoms with E-state index in [1.165, 1.54) is 12.1 Å². The molecule has 0 saturated heterocycles. The maximum atomic E-state index is 14.7. The minimum atomic E-state index is -3.29. The van der Waals surface area contributed by atoms with Gasteiger partial charge in [-0.2, -0.15) is 10.4 Å². The summed E-state index contributed by atoms with van der Waals surface area (Å²) >= 11 is 0. The van der Waals surface area contributed by atoms with Gasteiger partial charge in [-0.25, -0.2) is 13.2 Å². The summed E-state index contributed by atoms with van der Waals surface area (Å²) in [6.07, 6.45) is 1.18. The van der Waals surface area contributed by atoms with Crippen LogP contribution in [0.25, 0.3) is 11.3 Å². The third-order valence-corrected chi connectivity index (χ3v) is 6.59. The first kappa shape index (κ1) is 19.8. The highest BCUT2D eigenvalue weighted by atomic mass is 19.3. The van der Waals surface area contributed by atoms with Gasteiger partial charge in [-0.15, -0.1) is 0 Å². The Labute approximate surface area is 177 Å². The van der Waals surface area contributed by atoms with Crippen molar-refractivity contribution in [2.75, 3.05) is 0 Å². The van der Waals surface area contributed by atoms with Gasteiger partial charge in [-0.3, -0.25) is 4.68 Å². The van der Waals surface area contributed by atoms with E-state index in [-0.39, 0.29) is 17.0 Å². The van der Waals surface area contributed by atoms with Crippen LogP contribution in [0, 0.1) is 17.1 Å². The smallest absolute Gasteiger partial charge is 0.281 e. The van der Waals surface area contributed by atoms with Crippen LogP contribution in [0.1, 0.15) is 58.2 Å². The van der Waals surface area contributed by atoms with E-state index in [1.807, 2.05) is 6.07 Å². The maximum absolute atomic E-state index is 14.7. The van der Waals surface area contributed by atoms with Gasteiger partial charge < -0.3 is 5.11 Å². The molecule has 2 aliphatic rings. The lowest BCUT2D eigenvalue weighted by Crippen LogP contribution is -2.22. The Balaban J connectivity index is 1.75. The van der Waals surface area contributed by atoms with Crippen LogP contribution in [-0.2, 0) is 19.9 Å². The van der Waals surface area contributed by atoms with Crippen molar-refractivity contribution in [1.29, 1.82) is 5.26 Å². The molecule has 1 heterocycles. The van der Waals surface area contributed by atoms with Crippen LogP contribution in [0.15, 0.2) is 36.5 Å². The number of benzene rings is 2. The molecule has 1 N–H and O–H groups in total. The zero-order valence-corrected chi connectivity index (χ0v) is 16.9. The Morgan fingerprint density at radius 3 is 2.74 bits per heavy atom. The highest BCUT2D eigenvalue weighted by molar-refractivity contribution is 5.70. The highest BCUT2D eigenvalue weighted by Crippen LogP contribution is 2.51. The molecule has 2 aliphatic carbocycles. The van der Waals surface area contributed by atoms with Gasteiger partial charge in [0.1, 0.15) is 11.9 Å². The molecule has 2 aromatic carbocycles. The first-order chi connectivity index (χ1) is 14.8. The van der Waals surface area contributed by atoms with E-state index in [2.05, 4.69) is 11.2 Å². The van der Waals surface area contributed by atoms with Gasteiger partial charge in [0.25, 0.3) is 5.92 Å². The predicted octanol–water partition coefficient (Wildman–Crippen LogP) is 4.79. The molecule has 7 heteroatoms. The summed E-state index contributed by atoms with van der Waals surface area (Å²) in [6.45, 7) is 0. The van der Waals surface area contributed by atoms with Crippen LogP contribution < -0.4 is 0 Å². The summed E-state index contributed by atoms with van der Waals surface area (Å²) in [4.78, 5) is 0. The van der Waals surface area contributed by atoms with Crippen molar-refractivity contribution in [2.24, 2.45) is 7.05 Å². The van der Waals surface area contributed by atoms with Crippen molar-refractivity contribution in [3.8, 4) is 17.3 Å². The number of nitrogens with zero attached hydrogens (tertiary/aromatic N) is 3. The Morgan fingerprint density at radius 2 is 2.03 bits per heavy atom. The number of alkyl halides is 2. The van der Waals surface area contributed by atoms with Crippen LogP contribution in [-0.4, -0.2) is 20.8 Å². The van der Waals surface area contributed by atoms with Gasteiger partial charge in [0.2, 0.25) is 0 Å². The zero-order chi connectivity index (χ0) is 21.9. The molecule has 0 spiro atoms. The number of aromatic nitrogens is 2. The molecule has 158 valence electrons. The minimum absolute atomic E-state index is 0.221. The standard InChI is InChI=1S/C24H20F3N3O/c1-30-20(7-8-29-30)18-6-5-16(19-11-24(26,27)23(31)22(18)19)17-4-2-3-13-9-15(25)10-14(12-28)21(13)17/h5-10,17,23,31H,2-4,11H2,1H3/t17-,23+/m1/s1. The molecule has 0 radical (unpaired) electrons. The van der Waals surface area contributed by atoms with Gasteiger partial charge in [-0.05, 0) is 65.3 Å². The lowest BCUT2D eigenvalue weighted by Gasteiger charge is -2.29. The van der Waals surface area contributed by atoms with Crippen molar-refractivity contribution in [1.82, 2.24) is 9.78 Å². The van der Waals surface area contributed by atoms with Crippen molar-refractivity contribution in [3.63, 3.8) is 0 Å². The molecule has 0 bridgehead atoms. The minimum Gasteiger partial charge on any atom is -0.382 e. The Bertz CT molecular complexity index is 1240.